The zero-order valence-electron chi connectivity index (χ0n) is 18.4. The highest BCUT2D eigenvalue weighted by Gasteiger charge is 2.36. The van der Waals surface area contributed by atoms with Crippen LogP contribution < -0.4 is 0 Å². The van der Waals surface area contributed by atoms with Crippen LogP contribution in [-0.2, 0) is 21.1 Å². The summed E-state index contributed by atoms with van der Waals surface area (Å²) < 4.78 is 24.0. The molecule has 1 amide bonds. The van der Waals surface area contributed by atoms with Crippen molar-refractivity contribution in [1.29, 1.82) is 0 Å². The van der Waals surface area contributed by atoms with Crippen molar-refractivity contribution in [3.05, 3.63) is 102 Å². The quantitative estimate of drug-likeness (QED) is 0.522. The lowest BCUT2D eigenvalue weighted by atomic mass is 9.84. The molecule has 1 aliphatic heterocycles. The van der Waals surface area contributed by atoms with E-state index in [1.807, 2.05) is 29.2 Å². The van der Waals surface area contributed by atoms with Gasteiger partial charge >= 0.3 is 0 Å². The second-order valence-electron chi connectivity index (χ2n) is 8.38. The molecular formula is C27H29NO3S. The summed E-state index contributed by atoms with van der Waals surface area (Å²) in [6, 6.07) is 27.8. The van der Waals surface area contributed by atoms with Gasteiger partial charge in [-0.2, -0.15) is 0 Å². The van der Waals surface area contributed by atoms with Crippen LogP contribution in [0, 0.1) is 0 Å². The van der Waals surface area contributed by atoms with Gasteiger partial charge < -0.3 is 4.90 Å². The minimum absolute atomic E-state index is 0.0882. The number of carbonyl (C=O) groups excluding carboxylic acids is 1. The van der Waals surface area contributed by atoms with Crippen molar-refractivity contribution in [2.45, 2.75) is 36.5 Å². The summed E-state index contributed by atoms with van der Waals surface area (Å²) in [5, 5.41) is 0. The zero-order valence-corrected chi connectivity index (χ0v) is 19.2. The van der Waals surface area contributed by atoms with Crippen molar-refractivity contribution >= 4 is 15.7 Å². The Morgan fingerprint density at radius 2 is 1.31 bits per heavy atom. The van der Waals surface area contributed by atoms with Crippen LogP contribution in [-0.4, -0.2) is 38.1 Å². The largest absolute Gasteiger partial charge is 0.341 e. The van der Waals surface area contributed by atoms with Gasteiger partial charge in [-0.3, -0.25) is 4.79 Å². The standard InChI is InChI=1S/C27H29NO3S/c1-2-32(30,31)24-16-13-21(14-17-24)15-18-27(29)28-19-25(22-9-5-3-6-10-22)26(20-28)23-11-7-4-8-12-23/h3-14,16-17,25-26H,2,15,18-20H2,1H3. The fourth-order valence-electron chi connectivity index (χ4n) is 4.52. The molecule has 0 saturated carbocycles. The van der Waals surface area contributed by atoms with Crippen LogP contribution in [0.4, 0.5) is 0 Å². The van der Waals surface area contributed by atoms with Gasteiger partial charge in [0.15, 0.2) is 9.84 Å². The van der Waals surface area contributed by atoms with E-state index in [1.165, 1.54) is 11.1 Å². The Labute approximate surface area is 190 Å². The van der Waals surface area contributed by atoms with Gasteiger partial charge in [0.25, 0.3) is 0 Å². The van der Waals surface area contributed by atoms with E-state index in [-0.39, 0.29) is 23.5 Å². The van der Waals surface area contributed by atoms with Crippen molar-refractivity contribution in [3.63, 3.8) is 0 Å². The van der Waals surface area contributed by atoms with E-state index in [0.29, 0.717) is 17.7 Å². The molecular weight excluding hydrogens is 418 g/mol. The molecule has 1 fully saturated rings. The third kappa shape index (κ3) is 4.94. The smallest absolute Gasteiger partial charge is 0.222 e. The third-order valence-electron chi connectivity index (χ3n) is 6.42. The van der Waals surface area contributed by atoms with Crippen LogP contribution in [0.3, 0.4) is 0 Å². The summed E-state index contributed by atoms with van der Waals surface area (Å²) in [6.45, 7) is 3.08. The number of sulfone groups is 1. The second-order valence-corrected chi connectivity index (χ2v) is 10.7. The number of amides is 1. The fourth-order valence-corrected chi connectivity index (χ4v) is 5.41. The Kier molecular flexibility index (Phi) is 6.75. The molecule has 0 spiro atoms. The molecule has 0 radical (unpaired) electrons. The van der Waals surface area contributed by atoms with Gasteiger partial charge in [0.05, 0.1) is 10.6 Å². The summed E-state index contributed by atoms with van der Waals surface area (Å²) in [7, 11) is -3.20. The topological polar surface area (TPSA) is 54.5 Å². The summed E-state index contributed by atoms with van der Waals surface area (Å²) in [5.74, 6) is 0.794. The van der Waals surface area contributed by atoms with E-state index in [4.69, 9.17) is 0 Å². The molecule has 0 aromatic heterocycles. The summed E-state index contributed by atoms with van der Waals surface area (Å²) in [6.07, 6.45) is 1.02. The van der Waals surface area contributed by atoms with Crippen molar-refractivity contribution in [2.75, 3.05) is 18.8 Å². The third-order valence-corrected chi connectivity index (χ3v) is 8.17. The first kappa shape index (κ1) is 22.3. The van der Waals surface area contributed by atoms with Crippen molar-refractivity contribution in [1.82, 2.24) is 4.90 Å². The van der Waals surface area contributed by atoms with Crippen molar-refractivity contribution < 1.29 is 13.2 Å². The molecule has 0 bridgehead atoms. The number of rotatable bonds is 7. The Balaban J connectivity index is 1.45. The molecule has 1 heterocycles. The van der Waals surface area contributed by atoms with Gasteiger partial charge in [-0.05, 0) is 35.2 Å². The van der Waals surface area contributed by atoms with E-state index in [2.05, 4.69) is 48.5 Å². The second kappa shape index (κ2) is 9.70. The van der Waals surface area contributed by atoms with Gasteiger partial charge in [0, 0.05) is 31.3 Å². The molecule has 4 rings (SSSR count). The predicted molar refractivity (Wildman–Crippen MR) is 127 cm³/mol. The van der Waals surface area contributed by atoms with Crippen LogP contribution >= 0.6 is 0 Å². The average Bonchev–Trinajstić information content (AvgIpc) is 3.30. The maximum atomic E-state index is 13.1. The molecule has 0 N–H and O–H groups in total. The number of hydrogen-bond donors (Lipinski definition) is 0. The molecule has 32 heavy (non-hydrogen) atoms. The molecule has 1 saturated heterocycles. The van der Waals surface area contributed by atoms with Crippen molar-refractivity contribution in [2.24, 2.45) is 0 Å². The highest BCUT2D eigenvalue weighted by Crippen LogP contribution is 2.39. The lowest BCUT2D eigenvalue weighted by molar-refractivity contribution is -0.130. The summed E-state index contributed by atoms with van der Waals surface area (Å²) >= 11 is 0. The van der Waals surface area contributed by atoms with Crippen LogP contribution in [0.1, 0.15) is 41.9 Å². The Hall–Kier alpha value is -2.92. The Morgan fingerprint density at radius 1 is 0.812 bits per heavy atom. The van der Waals surface area contributed by atoms with Crippen LogP contribution in [0.5, 0.6) is 0 Å². The van der Waals surface area contributed by atoms with Gasteiger partial charge in [0.2, 0.25) is 5.91 Å². The summed E-state index contributed by atoms with van der Waals surface area (Å²) in [4.78, 5) is 15.4. The van der Waals surface area contributed by atoms with Gasteiger partial charge in [-0.1, -0.05) is 79.7 Å². The lowest BCUT2D eigenvalue weighted by Crippen LogP contribution is -2.29. The van der Waals surface area contributed by atoms with Gasteiger partial charge in [0.1, 0.15) is 0 Å². The minimum atomic E-state index is -3.20. The van der Waals surface area contributed by atoms with Gasteiger partial charge in [-0.25, -0.2) is 8.42 Å². The monoisotopic (exact) mass is 447 g/mol. The Morgan fingerprint density at radius 3 is 1.78 bits per heavy atom. The maximum Gasteiger partial charge on any atom is 0.222 e. The highest BCUT2D eigenvalue weighted by atomic mass is 32.2. The predicted octanol–water partition coefficient (Wildman–Crippen LogP) is 4.82. The average molecular weight is 448 g/mol. The van der Waals surface area contributed by atoms with Crippen LogP contribution in [0.15, 0.2) is 89.8 Å². The first-order valence-electron chi connectivity index (χ1n) is 11.2. The number of hydrogen-bond acceptors (Lipinski definition) is 3. The molecule has 166 valence electrons. The molecule has 2 atom stereocenters. The Bertz CT molecular complexity index is 1100. The zero-order chi connectivity index (χ0) is 22.6. The number of benzene rings is 3. The van der Waals surface area contributed by atoms with Gasteiger partial charge in [-0.15, -0.1) is 0 Å². The van der Waals surface area contributed by atoms with E-state index >= 15 is 0 Å². The van der Waals surface area contributed by atoms with Crippen molar-refractivity contribution in [3.8, 4) is 0 Å². The normalized spacial score (nSPS) is 18.6. The van der Waals surface area contributed by atoms with Crippen LogP contribution in [0.2, 0.25) is 0 Å². The van der Waals surface area contributed by atoms with E-state index in [1.54, 1.807) is 19.1 Å². The molecule has 5 heteroatoms. The number of aryl methyl sites for hydroxylation is 1. The fraction of sp³-hybridized carbons (Fsp3) is 0.296. The number of nitrogens with zero attached hydrogens (tertiary/aromatic N) is 1. The SMILES string of the molecule is CCS(=O)(=O)c1ccc(CCC(=O)N2CC(c3ccccc3)C(c3ccccc3)C2)cc1. The summed E-state index contributed by atoms with van der Waals surface area (Å²) in [5.41, 5.74) is 3.51. The molecule has 2 unspecified atom stereocenters. The number of carbonyl (C=O) groups is 1. The van der Waals surface area contributed by atoms with E-state index in [9.17, 15) is 13.2 Å². The lowest BCUT2D eigenvalue weighted by Gasteiger charge is -2.18. The minimum Gasteiger partial charge on any atom is -0.341 e. The van der Waals surface area contributed by atoms with E-state index < -0.39 is 9.84 Å². The first-order chi connectivity index (χ1) is 15.5. The molecule has 4 nitrogen and oxygen atoms in total. The van der Waals surface area contributed by atoms with E-state index in [0.717, 1.165) is 18.7 Å². The molecule has 3 aromatic carbocycles. The highest BCUT2D eigenvalue weighted by molar-refractivity contribution is 7.91. The van der Waals surface area contributed by atoms with Crippen LogP contribution in [0.25, 0.3) is 0 Å². The number of likely N-dealkylation sites (tertiary alicyclic amines) is 1. The molecule has 0 aliphatic carbocycles. The molecule has 1 aliphatic rings. The maximum absolute atomic E-state index is 13.1. The molecule has 3 aromatic rings. The first-order valence-corrected chi connectivity index (χ1v) is 12.8.